The van der Waals surface area contributed by atoms with Crippen molar-refractivity contribution in [2.75, 3.05) is 19.4 Å². The highest BCUT2D eigenvalue weighted by atomic mass is 79.9. The number of carbonyl (C=O) groups excluding carboxylic acids is 1. The maximum absolute atomic E-state index is 13.7. The lowest BCUT2D eigenvalue weighted by Gasteiger charge is -2.42. The Labute approximate surface area is 186 Å². The SMILES string of the molecule is CC1=C(C(=O)Nc2ccc(Br)cc2)[C@@H](c2ccccc2C(F)(F)F)N(C)C(=S)N1C. The monoisotopic (exact) mass is 497 g/mol. The van der Waals surface area contributed by atoms with Crippen molar-refractivity contribution in [3.8, 4) is 0 Å². The maximum atomic E-state index is 13.7. The van der Waals surface area contributed by atoms with E-state index in [0.29, 0.717) is 16.5 Å². The number of likely N-dealkylation sites (N-methyl/N-ethyl adjacent to an activating group) is 1. The second-order valence-electron chi connectivity index (χ2n) is 6.90. The first-order chi connectivity index (χ1) is 14.0. The Morgan fingerprint density at radius 2 is 1.70 bits per heavy atom. The van der Waals surface area contributed by atoms with E-state index in [2.05, 4.69) is 21.2 Å². The highest BCUT2D eigenvalue weighted by molar-refractivity contribution is 9.10. The number of alkyl halides is 3. The average molecular weight is 498 g/mol. The van der Waals surface area contributed by atoms with E-state index >= 15 is 0 Å². The van der Waals surface area contributed by atoms with Gasteiger partial charge in [0.2, 0.25) is 0 Å². The number of hydrogen-bond donors (Lipinski definition) is 1. The third-order valence-electron chi connectivity index (χ3n) is 5.05. The molecule has 0 saturated carbocycles. The van der Waals surface area contributed by atoms with E-state index in [0.717, 1.165) is 10.5 Å². The van der Waals surface area contributed by atoms with E-state index in [4.69, 9.17) is 12.2 Å². The first-order valence-electron chi connectivity index (χ1n) is 8.96. The summed E-state index contributed by atoms with van der Waals surface area (Å²) >= 11 is 8.76. The Morgan fingerprint density at radius 1 is 1.10 bits per heavy atom. The molecule has 1 aliphatic heterocycles. The van der Waals surface area contributed by atoms with Gasteiger partial charge in [0, 0.05) is 30.0 Å². The van der Waals surface area contributed by atoms with E-state index in [1.54, 1.807) is 50.2 Å². The van der Waals surface area contributed by atoms with Crippen LogP contribution >= 0.6 is 28.1 Å². The van der Waals surface area contributed by atoms with Gasteiger partial charge >= 0.3 is 6.18 Å². The molecule has 0 aliphatic carbocycles. The molecule has 0 bridgehead atoms. The fourth-order valence-electron chi connectivity index (χ4n) is 3.44. The molecule has 3 rings (SSSR count). The fourth-order valence-corrected chi connectivity index (χ4v) is 3.95. The molecule has 0 saturated heterocycles. The van der Waals surface area contributed by atoms with Crippen LogP contribution in [0.1, 0.15) is 24.1 Å². The molecule has 2 aromatic carbocycles. The minimum atomic E-state index is -4.57. The van der Waals surface area contributed by atoms with Gasteiger partial charge in [-0.1, -0.05) is 34.1 Å². The van der Waals surface area contributed by atoms with Crippen LogP contribution in [0, 0.1) is 0 Å². The number of nitrogens with zero attached hydrogens (tertiary/aromatic N) is 2. The summed E-state index contributed by atoms with van der Waals surface area (Å²) in [5, 5.41) is 3.12. The van der Waals surface area contributed by atoms with Crippen LogP contribution in [-0.4, -0.2) is 34.9 Å². The summed E-state index contributed by atoms with van der Waals surface area (Å²) in [4.78, 5) is 16.4. The molecule has 30 heavy (non-hydrogen) atoms. The van der Waals surface area contributed by atoms with Gasteiger partial charge in [-0.05, 0) is 55.0 Å². The van der Waals surface area contributed by atoms with Gasteiger partial charge in [-0.3, -0.25) is 4.79 Å². The summed E-state index contributed by atoms with van der Waals surface area (Å²) in [7, 11) is 3.28. The predicted octanol–water partition coefficient (Wildman–Crippen LogP) is 5.58. The maximum Gasteiger partial charge on any atom is 0.416 e. The van der Waals surface area contributed by atoms with E-state index in [9.17, 15) is 18.0 Å². The number of anilines is 1. The molecule has 1 amide bonds. The van der Waals surface area contributed by atoms with Crippen molar-refractivity contribution < 1.29 is 18.0 Å². The zero-order valence-corrected chi connectivity index (χ0v) is 18.8. The predicted molar refractivity (Wildman–Crippen MR) is 118 cm³/mol. The smallest absolute Gasteiger partial charge is 0.340 e. The van der Waals surface area contributed by atoms with E-state index < -0.39 is 23.7 Å². The third-order valence-corrected chi connectivity index (χ3v) is 6.14. The second-order valence-corrected chi connectivity index (χ2v) is 8.18. The first kappa shape index (κ1) is 22.3. The quantitative estimate of drug-likeness (QED) is 0.561. The normalized spacial score (nSPS) is 17.4. The number of carbonyl (C=O) groups is 1. The third kappa shape index (κ3) is 4.22. The minimum absolute atomic E-state index is 0.0248. The molecule has 1 N–H and O–H groups in total. The van der Waals surface area contributed by atoms with Crippen LogP contribution in [0.4, 0.5) is 18.9 Å². The van der Waals surface area contributed by atoms with Gasteiger partial charge in [-0.25, -0.2) is 0 Å². The number of benzene rings is 2. The van der Waals surface area contributed by atoms with Crippen molar-refractivity contribution in [1.82, 2.24) is 9.80 Å². The minimum Gasteiger partial charge on any atom is -0.340 e. The molecule has 0 spiro atoms. The standard InChI is InChI=1S/C21H19BrF3N3OS/c1-12-17(19(29)26-14-10-8-13(22)9-11-14)18(28(3)20(30)27(12)2)15-6-4-5-7-16(15)21(23,24)25/h4-11,18H,1-3H3,(H,26,29)/t18-/m1/s1. The first-order valence-corrected chi connectivity index (χ1v) is 10.2. The van der Waals surface area contributed by atoms with Crippen LogP contribution in [0.15, 0.2) is 64.3 Å². The zero-order valence-electron chi connectivity index (χ0n) is 16.4. The van der Waals surface area contributed by atoms with Gasteiger partial charge in [-0.15, -0.1) is 0 Å². The van der Waals surface area contributed by atoms with Gasteiger partial charge in [0.25, 0.3) is 5.91 Å². The van der Waals surface area contributed by atoms with Gasteiger partial charge < -0.3 is 15.1 Å². The Hall–Kier alpha value is -2.39. The Balaban J connectivity index is 2.13. The number of hydrogen-bond acceptors (Lipinski definition) is 2. The number of halogens is 4. The van der Waals surface area contributed by atoms with Crippen molar-refractivity contribution in [1.29, 1.82) is 0 Å². The molecule has 0 aromatic heterocycles. The van der Waals surface area contributed by atoms with Crippen molar-refractivity contribution in [2.45, 2.75) is 19.1 Å². The molecule has 1 heterocycles. The van der Waals surface area contributed by atoms with Crippen LogP contribution in [0.25, 0.3) is 0 Å². The summed E-state index contributed by atoms with van der Waals surface area (Å²) in [6.07, 6.45) is -4.57. The van der Waals surface area contributed by atoms with Crippen molar-refractivity contribution in [2.24, 2.45) is 0 Å². The molecule has 4 nitrogen and oxygen atoms in total. The van der Waals surface area contributed by atoms with Gasteiger partial charge in [0.05, 0.1) is 17.2 Å². The number of nitrogens with one attached hydrogen (secondary N) is 1. The summed E-state index contributed by atoms with van der Waals surface area (Å²) in [5.41, 5.74) is 0.409. The molecule has 158 valence electrons. The number of rotatable bonds is 3. The fraction of sp³-hybridized carbons (Fsp3) is 0.238. The lowest BCUT2D eigenvalue weighted by atomic mass is 9.89. The number of allylic oxidation sites excluding steroid dienone is 1. The van der Waals surface area contributed by atoms with Crippen molar-refractivity contribution in [3.05, 3.63) is 75.4 Å². The van der Waals surface area contributed by atoms with Crippen LogP contribution in [-0.2, 0) is 11.0 Å². The Morgan fingerprint density at radius 3 is 2.30 bits per heavy atom. The molecular weight excluding hydrogens is 479 g/mol. The molecule has 9 heteroatoms. The largest absolute Gasteiger partial charge is 0.416 e. The van der Waals surface area contributed by atoms with Gasteiger partial charge in [-0.2, -0.15) is 13.2 Å². The highest BCUT2D eigenvalue weighted by Crippen LogP contribution is 2.42. The van der Waals surface area contributed by atoms with Crippen LogP contribution < -0.4 is 5.32 Å². The Bertz CT molecular complexity index is 1020. The topological polar surface area (TPSA) is 35.6 Å². The summed E-state index contributed by atoms with van der Waals surface area (Å²) in [5.74, 6) is -0.488. The summed E-state index contributed by atoms with van der Waals surface area (Å²) in [6.45, 7) is 1.68. The second kappa shape index (κ2) is 8.39. The molecule has 1 atom stereocenters. The Kier molecular flexibility index (Phi) is 6.24. The highest BCUT2D eigenvalue weighted by Gasteiger charge is 2.42. The van der Waals surface area contributed by atoms with Gasteiger partial charge in [0.1, 0.15) is 0 Å². The van der Waals surface area contributed by atoms with Crippen LogP contribution in [0.3, 0.4) is 0 Å². The lowest BCUT2D eigenvalue weighted by Crippen LogP contribution is -2.48. The molecule has 2 aromatic rings. The molecule has 0 radical (unpaired) electrons. The summed E-state index contributed by atoms with van der Waals surface area (Å²) in [6, 6.07) is 11.2. The molecule has 1 aliphatic rings. The van der Waals surface area contributed by atoms with Crippen LogP contribution in [0.5, 0.6) is 0 Å². The van der Waals surface area contributed by atoms with E-state index in [-0.39, 0.29) is 11.1 Å². The lowest BCUT2D eigenvalue weighted by molar-refractivity contribution is -0.138. The number of thiocarbonyl (C=S) groups is 1. The number of amides is 1. The van der Waals surface area contributed by atoms with Crippen molar-refractivity contribution in [3.63, 3.8) is 0 Å². The van der Waals surface area contributed by atoms with Crippen LogP contribution in [0.2, 0.25) is 0 Å². The average Bonchev–Trinajstić information content (AvgIpc) is 2.70. The van der Waals surface area contributed by atoms with E-state index in [1.807, 2.05) is 0 Å². The van der Waals surface area contributed by atoms with Crippen molar-refractivity contribution >= 4 is 44.9 Å². The molecular formula is C21H19BrF3N3OS. The molecule has 0 fully saturated rings. The van der Waals surface area contributed by atoms with Gasteiger partial charge in [0.15, 0.2) is 5.11 Å². The summed E-state index contributed by atoms with van der Waals surface area (Å²) < 4.78 is 42.0. The molecule has 0 unspecified atom stereocenters. The zero-order chi connectivity index (χ0) is 22.2. The van der Waals surface area contributed by atoms with E-state index in [1.165, 1.54) is 23.1 Å².